The molecule has 3 aromatic rings. The number of methoxy groups -OCH3 is 1. The Morgan fingerprint density at radius 1 is 1.15 bits per heavy atom. The van der Waals surface area contributed by atoms with Crippen molar-refractivity contribution in [2.75, 3.05) is 36.1 Å². The molecule has 218 valence electrons. The Morgan fingerprint density at radius 2 is 1.88 bits per heavy atom. The monoisotopic (exact) mass is 579 g/mol. The number of aromatic nitrogens is 1. The van der Waals surface area contributed by atoms with Gasteiger partial charge in [0.2, 0.25) is 5.88 Å². The van der Waals surface area contributed by atoms with Crippen molar-refractivity contribution in [2.45, 2.75) is 59.8 Å². The van der Waals surface area contributed by atoms with Gasteiger partial charge < -0.3 is 24.6 Å². The summed E-state index contributed by atoms with van der Waals surface area (Å²) in [6, 6.07) is 5.78. The molecular weight excluding hydrogens is 542 g/mol. The number of rotatable bonds is 6. The fourth-order valence-corrected chi connectivity index (χ4v) is 6.75. The minimum Gasteiger partial charge on any atom is -0.490 e. The van der Waals surface area contributed by atoms with E-state index in [1.54, 1.807) is 19.6 Å². The smallest absolute Gasteiger partial charge is 0.337 e. The molecule has 3 heterocycles. The molecule has 10 heteroatoms. The van der Waals surface area contributed by atoms with E-state index in [4.69, 9.17) is 14.2 Å². The zero-order chi connectivity index (χ0) is 29.8. The van der Waals surface area contributed by atoms with Gasteiger partial charge in [-0.1, -0.05) is 6.07 Å². The van der Waals surface area contributed by atoms with Crippen molar-refractivity contribution in [3.63, 3.8) is 0 Å². The quantitative estimate of drug-likeness (QED) is 0.382. The highest BCUT2D eigenvalue weighted by Crippen LogP contribution is 2.52. The molecule has 0 amide bonds. The molecule has 2 aliphatic rings. The molecule has 5 rings (SSSR count). The maximum absolute atomic E-state index is 13.2. The lowest BCUT2D eigenvalue weighted by molar-refractivity contribution is -0.160. The van der Waals surface area contributed by atoms with E-state index in [1.165, 1.54) is 0 Å². The predicted octanol–water partition coefficient (Wildman–Crippen LogP) is 5.71. The first-order valence-electron chi connectivity index (χ1n) is 13.6. The van der Waals surface area contributed by atoms with E-state index in [1.807, 2.05) is 64.0 Å². The standard InChI is InChI=1S/C31H37N3O6S/c1-16-20(9-10-22-27(16)32-11-12-39-22)24-17(2)25-21-14-33-23(38-7)13-19(21)15-34(41(8)37)28(25)18(3)26(24)29(30(35)36)40-31(4,5)6/h9-10,13-14,29,32H,11-12,15H2,1-8H3,(H,35,36)/t29-,41?/m0/s1. The third kappa shape index (κ3) is 5.04. The minimum absolute atomic E-state index is 0.361. The van der Waals surface area contributed by atoms with Gasteiger partial charge in [-0.15, -0.1) is 0 Å². The molecule has 1 aromatic heterocycles. The summed E-state index contributed by atoms with van der Waals surface area (Å²) in [4.78, 5) is 17.4. The Morgan fingerprint density at radius 3 is 2.51 bits per heavy atom. The zero-order valence-electron chi connectivity index (χ0n) is 24.8. The molecule has 0 radical (unpaired) electrons. The SMILES string of the molecule is COc1cc2c(cn1)-c1c(C)c(-c3ccc4c(c3C)NCCO4)c([C@H](OC(C)(C)C)C(=O)O)c(C)c1N(S(C)=O)C2. The molecule has 2 aliphatic heterocycles. The maximum atomic E-state index is 13.2. The average molecular weight is 580 g/mol. The number of ether oxygens (including phenoxy) is 3. The Labute approximate surface area is 243 Å². The fourth-order valence-electron chi connectivity index (χ4n) is 5.94. The van der Waals surface area contributed by atoms with Gasteiger partial charge in [-0.2, -0.15) is 0 Å². The molecule has 9 nitrogen and oxygen atoms in total. The Balaban J connectivity index is 1.93. The van der Waals surface area contributed by atoms with Crippen molar-refractivity contribution in [1.29, 1.82) is 0 Å². The predicted molar refractivity (Wildman–Crippen MR) is 161 cm³/mol. The highest BCUT2D eigenvalue weighted by Gasteiger charge is 2.38. The Hall–Kier alpha value is -3.63. The first kappa shape index (κ1) is 28.9. The van der Waals surface area contributed by atoms with E-state index in [2.05, 4.69) is 10.3 Å². The summed E-state index contributed by atoms with van der Waals surface area (Å²) < 4.78 is 32.6. The second-order valence-electron chi connectivity index (χ2n) is 11.4. The van der Waals surface area contributed by atoms with Crippen LogP contribution in [0.5, 0.6) is 11.6 Å². The molecule has 0 bridgehead atoms. The number of nitrogens with zero attached hydrogens (tertiary/aromatic N) is 2. The fraction of sp³-hybridized carbons (Fsp3) is 0.419. The molecule has 0 spiro atoms. The van der Waals surface area contributed by atoms with Crippen LogP contribution in [0.1, 0.15) is 54.7 Å². The second kappa shape index (κ2) is 10.6. The van der Waals surface area contributed by atoms with Gasteiger partial charge in [0.05, 0.1) is 30.6 Å². The summed E-state index contributed by atoms with van der Waals surface area (Å²) in [7, 11) is 0.169. The van der Waals surface area contributed by atoms with Crippen LogP contribution in [-0.2, 0) is 27.1 Å². The van der Waals surface area contributed by atoms with Crippen LogP contribution in [0.25, 0.3) is 22.3 Å². The summed E-state index contributed by atoms with van der Waals surface area (Å²) in [5, 5.41) is 14.0. The lowest BCUT2D eigenvalue weighted by Gasteiger charge is -2.37. The van der Waals surface area contributed by atoms with Crippen LogP contribution in [0.4, 0.5) is 11.4 Å². The first-order valence-corrected chi connectivity index (χ1v) is 15.1. The molecule has 2 N–H and O–H groups in total. The molecule has 2 atom stereocenters. The van der Waals surface area contributed by atoms with E-state index in [9.17, 15) is 14.1 Å². The van der Waals surface area contributed by atoms with Crippen molar-refractivity contribution in [3.05, 3.63) is 52.2 Å². The number of hydrogen-bond acceptors (Lipinski definition) is 7. The molecule has 0 aliphatic carbocycles. The molecule has 0 saturated carbocycles. The van der Waals surface area contributed by atoms with Crippen molar-refractivity contribution in [2.24, 2.45) is 0 Å². The van der Waals surface area contributed by atoms with E-state index < -0.39 is 28.7 Å². The molecule has 0 fully saturated rings. The van der Waals surface area contributed by atoms with Gasteiger partial charge in [-0.05, 0) is 81.0 Å². The van der Waals surface area contributed by atoms with Crippen molar-refractivity contribution >= 4 is 28.3 Å². The normalized spacial score (nSPS) is 15.6. The first-order chi connectivity index (χ1) is 19.3. The largest absolute Gasteiger partial charge is 0.490 e. The van der Waals surface area contributed by atoms with Crippen LogP contribution in [0.3, 0.4) is 0 Å². The van der Waals surface area contributed by atoms with Crippen LogP contribution < -0.4 is 19.1 Å². The zero-order valence-corrected chi connectivity index (χ0v) is 25.6. The van der Waals surface area contributed by atoms with Gasteiger partial charge in [-0.25, -0.2) is 14.0 Å². The number of carbonyl (C=O) groups is 1. The third-order valence-corrected chi connectivity index (χ3v) is 8.58. The number of fused-ring (bicyclic) bond motifs is 4. The van der Waals surface area contributed by atoms with E-state index in [0.29, 0.717) is 36.7 Å². The summed E-state index contributed by atoms with van der Waals surface area (Å²) in [5.41, 5.74) is 8.28. The highest BCUT2D eigenvalue weighted by atomic mass is 32.2. The van der Waals surface area contributed by atoms with Crippen molar-refractivity contribution in [3.8, 4) is 33.9 Å². The van der Waals surface area contributed by atoms with Crippen LogP contribution in [0.15, 0.2) is 24.4 Å². The lowest BCUT2D eigenvalue weighted by atomic mass is 9.79. The molecule has 2 aromatic carbocycles. The van der Waals surface area contributed by atoms with Crippen molar-refractivity contribution < 1.29 is 28.3 Å². The highest BCUT2D eigenvalue weighted by molar-refractivity contribution is 7.85. The van der Waals surface area contributed by atoms with E-state index in [-0.39, 0.29) is 0 Å². The number of nitrogens with one attached hydrogen (secondary N) is 1. The van der Waals surface area contributed by atoms with Crippen molar-refractivity contribution in [1.82, 2.24) is 4.98 Å². The molecular formula is C31H37N3O6S. The van der Waals surface area contributed by atoms with Crippen LogP contribution in [0.2, 0.25) is 0 Å². The Bertz CT molecular complexity index is 1580. The lowest BCUT2D eigenvalue weighted by Crippen LogP contribution is -2.32. The van der Waals surface area contributed by atoms with E-state index >= 15 is 0 Å². The average Bonchev–Trinajstić information content (AvgIpc) is 2.92. The van der Waals surface area contributed by atoms with Gasteiger partial charge in [0.1, 0.15) is 23.3 Å². The third-order valence-electron chi connectivity index (χ3n) is 7.65. The second-order valence-corrected chi connectivity index (χ2v) is 12.7. The summed E-state index contributed by atoms with van der Waals surface area (Å²) in [5.74, 6) is 0.148. The Kier molecular flexibility index (Phi) is 7.50. The number of benzene rings is 2. The number of pyridine rings is 1. The molecule has 0 saturated heterocycles. The topological polar surface area (TPSA) is 110 Å². The van der Waals surface area contributed by atoms with Gasteiger partial charge in [0.15, 0.2) is 6.10 Å². The summed E-state index contributed by atoms with van der Waals surface area (Å²) in [6.07, 6.45) is 2.15. The number of hydrogen-bond donors (Lipinski definition) is 2. The van der Waals surface area contributed by atoms with Gasteiger partial charge in [-0.3, -0.25) is 4.31 Å². The molecule has 41 heavy (non-hydrogen) atoms. The van der Waals surface area contributed by atoms with E-state index in [0.717, 1.165) is 56.1 Å². The van der Waals surface area contributed by atoms with Crippen LogP contribution in [0, 0.1) is 20.8 Å². The number of carboxylic acid groups (broad SMARTS) is 1. The number of carboxylic acids is 1. The summed E-state index contributed by atoms with van der Waals surface area (Å²) >= 11 is 0. The van der Waals surface area contributed by atoms with Crippen LogP contribution >= 0.6 is 0 Å². The number of anilines is 2. The number of aliphatic carboxylic acids is 1. The minimum atomic E-state index is -1.40. The summed E-state index contributed by atoms with van der Waals surface area (Å²) in [6.45, 7) is 13.1. The van der Waals surface area contributed by atoms with Gasteiger partial charge >= 0.3 is 5.97 Å². The van der Waals surface area contributed by atoms with Gasteiger partial charge in [0, 0.05) is 41.8 Å². The maximum Gasteiger partial charge on any atom is 0.337 e. The van der Waals surface area contributed by atoms with Gasteiger partial charge in [0.25, 0.3) is 0 Å². The van der Waals surface area contributed by atoms with Crippen LogP contribution in [-0.4, -0.2) is 52.4 Å². The molecule has 1 unspecified atom stereocenters.